The minimum atomic E-state index is -2.75. The molecule has 1 aromatic carbocycles. The summed E-state index contributed by atoms with van der Waals surface area (Å²) in [4.78, 5) is 0. The molecule has 1 rings (SSSR count). The summed E-state index contributed by atoms with van der Waals surface area (Å²) >= 11 is 14.5. The van der Waals surface area contributed by atoms with Crippen LogP contribution in [0.4, 0.5) is 0 Å². The molecule has 16 heavy (non-hydrogen) atoms. The molecule has 3 nitrogen and oxygen atoms in total. The molecule has 0 fully saturated rings. The molecule has 0 heterocycles. The lowest BCUT2D eigenvalue weighted by Crippen LogP contribution is -1.98. The van der Waals surface area contributed by atoms with Crippen LogP contribution in [0, 0.1) is 6.92 Å². The monoisotopic (exact) mass is 344 g/mol. The molecule has 0 bridgehead atoms. The van der Waals surface area contributed by atoms with Gasteiger partial charge in [-0.3, -0.25) is 0 Å². The number of hydrogen-bond acceptors (Lipinski definition) is 4. The van der Waals surface area contributed by atoms with Crippen molar-refractivity contribution in [2.45, 2.75) is 6.92 Å². The molecule has 0 atom stereocenters. The largest absolute Gasteiger partial charge is 0.421 e. The van der Waals surface area contributed by atoms with E-state index in [2.05, 4.69) is 15.9 Å². The predicted molar refractivity (Wildman–Crippen MR) is 72.8 cm³/mol. The highest BCUT2D eigenvalue weighted by Crippen LogP contribution is 2.51. The first kappa shape index (κ1) is 14.4. The van der Waals surface area contributed by atoms with E-state index in [-0.39, 0.29) is 0 Å². The van der Waals surface area contributed by atoms with Crippen molar-refractivity contribution in [1.29, 1.82) is 0 Å². The molecule has 0 N–H and O–H groups in total. The zero-order valence-corrected chi connectivity index (χ0v) is 13.0. The van der Waals surface area contributed by atoms with Crippen LogP contribution in [-0.4, -0.2) is 14.2 Å². The summed E-state index contributed by atoms with van der Waals surface area (Å²) in [6, 6.07) is 3.67. The zero-order chi connectivity index (χ0) is 12.3. The van der Waals surface area contributed by atoms with Crippen molar-refractivity contribution in [2.24, 2.45) is 0 Å². The molecule has 1 aromatic rings. The van der Waals surface area contributed by atoms with Crippen LogP contribution in [0.3, 0.4) is 0 Å². The summed E-state index contributed by atoms with van der Waals surface area (Å²) in [6.07, 6.45) is 0. The van der Waals surface area contributed by atoms with Crippen LogP contribution < -0.4 is 4.52 Å². The van der Waals surface area contributed by atoms with Gasteiger partial charge in [0.15, 0.2) is 5.75 Å². The summed E-state index contributed by atoms with van der Waals surface area (Å²) in [5.41, 5.74) is 1.02. The van der Waals surface area contributed by atoms with Gasteiger partial charge in [0, 0.05) is 26.0 Å². The molecular formula is C9H11BrClO3PS. The summed E-state index contributed by atoms with van der Waals surface area (Å²) in [5, 5.41) is 0.468. The van der Waals surface area contributed by atoms with Crippen molar-refractivity contribution >= 4 is 46.1 Å². The van der Waals surface area contributed by atoms with E-state index in [0.717, 1.165) is 10.0 Å². The Morgan fingerprint density at radius 3 is 2.31 bits per heavy atom. The molecule has 0 aliphatic carbocycles. The lowest BCUT2D eigenvalue weighted by Gasteiger charge is -2.20. The third-order valence-corrected chi connectivity index (χ3v) is 5.08. The maximum atomic E-state index is 6.06. The fourth-order valence-electron chi connectivity index (χ4n) is 1.03. The Balaban J connectivity index is 3.11. The lowest BCUT2D eigenvalue weighted by molar-refractivity contribution is 0.273. The predicted octanol–water partition coefficient (Wildman–Crippen LogP) is 4.31. The van der Waals surface area contributed by atoms with Gasteiger partial charge in [0.25, 0.3) is 0 Å². The zero-order valence-electron chi connectivity index (χ0n) is 8.99. The molecule has 90 valence electrons. The number of aryl methyl sites for hydroxylation is 1. The van der Waals surface area contributed by atoms with Crippen LogP contribution in [-0.2, 0) is 20.9 Å². The molecule has 0 saturated carbocycles. The minimum Gasteiger partial charge on any atom is -0.421 e. The average Bonchev–Trinajstić information content (AvgIpc) is 2.23. The Labute approximate surface area is 113 Å². The summed E-state index contributed by atoms with van der Waals surface area (Å²) in [5.74, 6) is 0.444. The second-order valence-corrected chi connectivity index (χ2v) is 7.37. The Bertz CT molecular complexity index is 410. The highest BCUT2D eigenvalue weighted by molar-refractivity contribution is 9.10. The Morgan fingerprint density at radius 2 is 1.88 bits per heavy atom. The van der Waals surface area contributed by atoms with Gasteiger partial charge in [-0.15, -0.1) is 0 Å². The van der Waals surface area contributed by atoms with Gasteiger partial charge in [-0.1, -0.05) is 11.6 Å². The third-order valence-electron chi connectivity index (χ3n) is 1.79. The molecule has 0 saturated heterocycles. The van der Waals surface area contributed by atoms with Gasteiger partial charge < -0.3 is 13.6 Å². The molecule has 0 spiro atoms. The highest BCUT2D eigenvalue weighted by Gasteiger charge is 2.21. The summed E-state index contributed by atoms with van der Waals surface area (Å²) in [6.45, 7) is -0.819. The molecule has 0 aromatic heterocycles. The number of hydrogen-bond donors (Lipinski definition) is 0. The van der Waals surface area contributed by atoms with E-state index in [1.165, 1.54) is 14.2 Å². The topological polar surface area (TPSA) is 27.7 Å². The number of rotatable bonds is 4. The van der Waals surface area contributed by atoms with Crippen molar-refractivity contribution in [3.05, 3.63) is 27.2 Å². The van der Waals surface area contributed by atoms with E-state index in [4.69, 9.17) is 37.0 Å². The molecular weight excluding hydrogens is 334 g/mol. The van der Waals surface area contributed by atoms with E-state index >= 15 is 0 Å². The van der Waals surface area contributed by atoms with Crippen LogP contribution in [0.1, 0.15) is 5.56 Å². The van der Waals surface area contributed by atoms with Crippen LogP contribution in [0.2, 0.25) is 5.02 Å². The van der Waals surface area contributed by atoms with Crippen molar-refractivity contribution in [3.8, 4) is 5.75 Å². The van der Waals surface area contributed by atoms with Crippen molar-refractivity contribution < 1.29 is 13.6 Å². The summed E-state index contributed by atoms with van der Waals surface area (Å²) in [7, 11) is 2.89. The first-order valence-electron chi connectivity index (χ1n) is 4.28. The number of benzene rings is 1. The van der Waals surface area contributed by atoms with Crippen LogP contribution in [0.5, 0.6) is 5.75 Å². The molecule has 0 aliphatic rings. The van der Waals surface area contributed by atoms with Gasteiger partial charge in [0.05, 0.1) is 9.50 Å². The highest BCUT2D eigenvalue weighted by atomic mass is 79.9. The van der Waals surface area contributed by atoms with Gasteiger partial charge >= 0.3 is 6.72 Å². The van der Waals surface area contributed by atoms with Crippen LogP contribution >= 0.6 is 34.2 Å². The Kier molecular flexibility index (Phi) is 5.23. The van der Waals surface area contributed by atoms with Crippen LogP contribution in [0.25, 0.3) is 0 Å². The van der Waals surface area contributed by atoms with Crippen molar-refractivity contribution in [3.63, 3.8) is 0 Å². The SMILES string of the molecule is COP(=S)(OC)Oc1c(Cl)cc(C)cc1Br. The molecule has 0 aliphatic heterocycles. The van der Waals surface area contributed by atoms with Crippen LogP contribution in [0.15, 0.2) is 16.6 Å². The lowest BCUT2D eigenvalue weighted by atomic mass is 10.2. The summed E-state index contributed by atoms with van der Waals surface area (Å²) < 4.78 is 16.3. The normalized spacial score (nSPS) is 11.6. The van der Waals surface area contributed by atoms with Gasteiger partial charge in [-0.2, -0.15) is 0 Å². The Hall–Kier alpha value is 0.360. The molecule has 7 heteroatoms. The van der Waals surface area contributed by atoms with E-state index in [0.29, 0.717) is 10.8 Å². The second kappa shape index (κ2) is 5.80. The molecule has 0 radical (unpaired) electrons. The number of halogens is 2. The smallest absolute Gasteiger partial charge is 0.380 e. The van der Waals surface area contributed by atoms with Gasteiger partial charge in [-0.25, -0.2) is 0 Å². The van der Waals surface area contributed by atoms with E-state index in [9.17, 15) is 0 Å². The average molecular weight is 346 g/mol. The van der Waals surface area contributed by atoms with Gasteiger partial charge in [0.1, 0.15) is 0 Å². The van der Waals surface area contributed by atoms with E-state index in [1.807, 2.05) is 13.0 Å². The van der Waals surface area contributed by atoms with Gasteiger partial charge in [-0.05, 0) is 40.5 Å². The molecule has 0 unspecified atom stereocenters. The third kappa shape index (κ3) is 3.42. The standard InChI is InChI=1S/C9H11BrClO3PS/c1-6-4-7(10)9(8(11)5-6)14-15(16,12-2)13-3/h4-5H,1-3H3. The molecule has 0 amide bonds. The Morgan fingerprint density at radius 1 is 1.31 bits per heavy atom. The van der Waals surface area contributed by atoms with E-state index in [1.54, 1.807) is 6.07 Å². The van der Waals surface area contributed by atoms with Crippen molar-refractivity contribution in [1.82, 2.24) is 0 Å². The quantitative estimate of drug-likeness (QED) is 0.760. The van der Waals surface area contributed by atoms with E-state index < -0.39 is 6.72 Å². The van der Waals surface area contributed by atoms with Gasteiger partial charge in [0.2, 0.25) is 0 Å². The maximum absolute atomic E-state index is 6.06. The van der Waals surface area contributed by atoms with Crippen molar-refractivity contribution in [2.75, 3.05) is 14.2 Å². The maximum Gasteiger partial charge on any atom is 0.380 e. The second-order valence-electron chi connectivity index (χ2n) is 2.96. The first-order valence-corrected chi connectivity index (χ1v) is 8.01. The fraction of sp³-hybridized carbons (Fsp3) is 0.333. The minimum absolute atomic E-state index is 0.444. The first-order chi connectivity index (χ1) is 7.41. The fourth-order valence-corrected chi connectivity index (χ4v) is 3.24.